The minimum Gasteiger partial charge on any atom is -0.394 e. The van der Waals surface area contributed by atoms with Gasteiger partial charge >= 0.3 is 0 Å². The summed E-state index contributed by atoms with van der Waals surface area (Å²) in [5.41, 5.74) is 1.02. The van der Waals surface area contributed by atoms with Crippen LogP contribution in [0.15, 0.2) is 30.3 Å². The second kappa shape index (κ2) is 7.08. The maximum Gasteiger partial charge on any atom is 0.190 e. The Balaban J connectivity index is 1.53. The fourth-order valence-corrected chi connectivity index (χ4v) is 3.97. The zero-order chi connectivity index (χ0) is 19.2. The van der Waals surface area contributed by atoms with Gasteiger partial charge in [0.1, 0.15) is 30.5 Å². The lowest BCUT2D eigenvalue weighted by atomic mass is 9.95. The number of aliphatic hydroxyl groups excluding tert-OH is 1. The second-order valence-electron chi connectivity index (χ2n) is 8.15. The molecule has 27 heavy (non-hydrogen) atoms. The summed E-state index contributed by atoms with van der Waals surface area (Å²) in [6.45, 7) is 7.56. The van der Waals surface area contributed by atoms with E-state index in [0.29, 0.717) is 6.61 Å². The first-order valence-electron chi connectivity index (χ1n) is 9.41. The third kappa shape index (κ3) is 3.91. The molecule has 7 nitrogen and oxygen atoms in total. The van der Waals surface area contributed by atoms with Gasteiger partial charge in [0, 0.05) is 0 Å². The number of hydrogen-bond acceptors (Lipinski definition) is 7. The molecule has 3 saturated heterocycles. The van der Waals surface area contributed by atoms with Crippen molar-refractivity contribution in [1.29, 1.82) is 0 Å². The third-order valence-electron chi connectivity index (χ3n) is 5.04. The first kappa shape index (κ1) is 19.3. The molecule has 1 aromatic carbocycles. The van der Waals surface area contributed by atoms with Crippen LogP contribution in [0.2, 0.25) is 0 Å². The van der Waals surface area contributed by atoms with E-state index in [1.165, 1.54) is 0 Å². The van der Waals surface area contributed by atoms with E-state index in [2.05, 4.69) is 0 Å². The predicted octanol–water partition coefficient (Wildman–Crippen LogP) is 1.96. The van der Waals surface area contributed by atoms with Gasteiger partial charge in [0.05, 0.1) is 13.2 Å². The van der Waals surface area contributed by atoms with Crippen molar-refractivity contribution in [2.24, 2.45) is 0 Å². The Morgan fingerprint density at radius 3 is 2.26 bits per heavy atom. The van der Waals surface area contributed by atoms with Gasteiger partial charge in [-0.15, -0.1) is 0 Å². The van der Waals surface area contributed by atoms with E-state index in [4.69, 9.17) is 28.4 Å². The van der Waals surface area contributed by atoms with Gasteiger partial charge in [0.2, 0.25) is 0 Å². The predicted molar refractivity (Wildman–Crippen MR) is 94.6 cm³/mol. The molecule has 3 fully saturated rings. The molecule has 7 heteroatoms. The molecule has 0 saturated carbocycles. The summed E-state index contributed by atoms with van der Waals surface area (Å²) in [6, 6.07) is 9.81. The largest absolute Gasteiger partial charge is 0.394 e. The van der Waals surface area contributed by atoms with Gasteiger partial charge in [0.15, 0.2) is 17.9 Å². The fraction of sp³-hybridized carbons (Fsp3) is 0.700. The minimum atomic E-state index is -0.776. The molecule has 3 aliphatic heterocycles. The van der Waals surface area contributed by atoms with Crippen molar-refractivity contribution in [3.8, 4) is 0 Å². The van der Waals surface area contributed by atoms with Crippen molar-refractivity contribution >= 4 is 0 Å². The van der Waals surface area contributed by atoms with Gasteiger partial charge in [-0.2, -0.15) is 0 Å². The van der Waals surface area contributed by atoms with Gasteiger partial charge in [-0.25, -0.2) is 0 Å². The van der Waals surface area contributed by atoms with E-state index >= 15 is 0 Å². The van der Waals surface area contributed by atoms with E-state index in [0.717, 1.165) is 5.56 Å². The van der Waals surface area contributed by atoms with Crippen molar-refractivity contribution < 1.29 is 33.5 Å². The van der Waals surface area contributed by atoms with Gasteiger partial charge in [0.25, 0.3) is 0 Å². The highest BCUT2D eigenvalue weighted by atomic mass is 16.9. The molecule has 0 radical (unpaired) electrons. The number of aliphatic hydroxyl groups is 1. The fourth-order valence-electron chi connectivity index (χ4n) is 3.97. The molecule has 150 valence electrons. The molecule has 0 bridgehead atoms. The summed E-state index contributed by atoms with van der Waals surface area (Å²) >= 11 is 0. The maximum atomic E-state index is 9.98. The van der Waals surface area contributed by atoms with Crippen LogP contribution in [0.1, 0.15) is 33.3 Å². The number of ether oxygens (including phenoxy) is 6. The summed E-state index contributed by atoms with van der Waals surface area (Å²) in [4.78, 5) is 0. The van der Waals surface area contributed by atoms with Crippen molar-refractivity contribution in [2.75, 3.05) is 6.61 Å². The molecule has 6 atom stereocenters. The number of fused-ring (bicyclic) bond motifs is 3. The quantitative estimate of drug-likeness (QED) is 0.837. The van der Waals surface area contributed by atoms with Crippen LogP contribution in [0.3, 0.4) is 0 Å². The molecule has 0 aliphatic carbocycles. The Morgan fingerprint density at radius 1 is 0.926 bits per heavy atom. The second-order valence-corrected chi connectivity index (χ2v) is 8.15. The molecular formula is C20H28O7. The summed E-state index contributed by atoms with van der Waals surface area (Å²) < 4.78 is 36.2. The molecule has 3 aliphatic rings. The summed E-state index contributed by atoms with van der Waals surface area (Å²) in [5.74, 6) is -1.55. The van der Waals surface area contributed by atoms with Gasteiger partial charge in [-0.1, -0.05) is 30.3 Å². The van der Waals surface area contributed by atoms with Crippen LogP contribution in [0.25, 0.3) is 0 Å². The molecule has 1 aromatic rings. The molecule has 0 spiro atoms. The van der Waals surface area contributed by atoms with Crippen LogP contribution in [0.4, 0.5) is 0 Å². The van der Waals surface area contributed by atoms with E-state index in [1.807, 2.05) is 58.0 Å². The van der Waals surface area contributed by atoms with E-state index in [9.17, 15) is 5.11 Å². The summed E-state index contributed by atoms with van der Waals surface area (Å²) in [7, 11) is 0. The lowest BCUT2D eigenvalue weighted by Gasteiger charge is -2.40. The topological polar surface area (TPSA) is 75.6 Å². The highest BCUT2D eigenvalue weighted by Crippen LogP contribution is 2.45. The SMILES string of the molecule is CC1(C)O[C@@H]2[C@H](O1)[C@H]1OC(C)(C)O[C@H]1O[C@@H]2[C@@H](CO)OCc1ccccc1. The minimum absolute atomic E-state index is 0.202. The van der Waals surface area contributed by atoms with Crippen molar-refractivity contribution in [3.63, 3.8) is 0 Å². The van der Waals surface area contributed by atoms with Gasteiger partial charge < -0.3 is 33.5 Å². The van der Waals surface area contributed by atoms with Crippen LogP contribution < -0.4 is 0 Å². The highest BCUT2D eigenvalue weighted by molar-refractivity contribution is 5.13. The number of benzene rings is 1. The van der Waals surface area contributed by atoms with E-state index < -0.39 is 42.3 Å². The van der Waals surface area contributed by atoms with E-state index in [1.54, 1.807) is 0 Å². The zero-order valence-electron chi connectivity index (χ0n) is 16.2. The standard InChI is InChI=1S/C20H28O7/c1-19(2)24-15-14(13(10-21)22-11-12-8-6-5-7-9-12)23-18-17(16(15)25-19)26-20(3,4)27-18/h5-9,13-18,21H,10-11H2,1-4H3/t13-,14-,15+,16+,17-,18-/m1/s1. The van der Waals surface area contributed by atoms with Gasteiger partial charge in [-0.3, -0.25) is 0 Å². The number of rotatable bonds is 5. The Kier molecular flexibility index (Phi) is 5.05. The molecule has 0 unspecified atom stereocenters. The monoisotopic (exact) mass is 380 g/mol. The molecule has 4 rings (SSSR count). The van der Waals surface area contributed by atoms with Crippen molar-refractivity contribution in [1.82, 2.24) is 0 Å². The Labute approximate surface area is 159 Å². The normalized spacial score (nSPS) is 37.6. The lowest BCUT2D eigenvalue weighted by molar-refractivity contribution is -0.261. The smallest absolute Gasteiger partial charge is 0.190 e. The zero-order valence-corrected chi connectivity index (χ0v) is 16.2. The molecular weight excluding hydrogens is 352 g/mol. The van der Waals surface area contributed by atoms with Crippen LogP contribution in [0.5, 0.6) is 0 Å². The van der Waals surface area contributed by atoms with Crippen molar-refractivity contribution in [3.05, 3.63) is 35.9 Å². The lowest BCUT2D eigenvalue weighted by Crippen LogP contribution is -2.59. The average molecular weight is 380 g/mol. The maximum absolute atomic E-state index is 9.98. The van der Waals surface area contributed by atoms with Crippen LogP contribution >= 0.6 is 0 Å². The molecule has 3 heterocycles. The molecule has 0 aromatic heterocycles. The Hall–Kier alpha value is -1.06. The Bertz CT molecular complexity index is 647. The first-order valence-corrected chi connectivity index (χ1v) is 9.41. The first-order chi connectivity index (χ1) is 12.8. The summed E-state index contributed by atoms with van der Waals surface area (Å²) in [6.07, 6.45) is -2.89. The highest BCUT2D eigenvalue weighted by Gasteiger charge is 2.62. The van der Waals surface area contributed by atoms with E-state index in [-0.39, 0.29) is 12.7 Å². The van der Waals surface area contributed by atoms with Crippen LogP contribution in [-0.4, -0.2) is 60.1 Å². The van der Waals surface area contributed by atoms with Gasteiger partial charge in [-0.05, 0) is 33.3 Å². The Morgan fingerprint density at radius 2 is 1.56 bits per heavy atom. The molecule has 1 N–H and O–H groups in total. The number of hydrogen-bond donors (Lipinski definition) is 1. The van der Waals surface area contributed by atoms with Crippen LogP contribution in [-0.2, 0) is 35.0 Å². The van der Waals surface area contributed by atoms with Crippen molar-refractivity contribution in [2.45, 2.75) is 82.7 Å². The van der Waals surface area contributed by atoms with Crippen LogP contribution in [0, 0.1) is 0 Å². The summed E-state index contributed by atoms with van der Waals surface area (Å²) in [5, 5.41) is 9.98. The molecule has 0 amide bonds. The third-order valence-corrected chi connectivity index (χ3v) is 5.04. The average Bonchev–Trinajstić information content (AvgIpc) is 3.10.